The molecule has 0 atom stereocenters. The predicted octanol–water partition coefficient (Wildman–Crippen LogP) is 2.10. The summed E-state index contributed by atoms with van der Waals surface area (Å²) < 4.78 is 28.8. The van der Waals surface area contributed by atoms with Crippen LogP contribution in [0.4, 0.5) is 5.69 Å². The lowest BCUT2D eigenvalue weighted by Gasteiger charge is -2.16. The van der Waals surface area contributed by atoms with Crippen LogP contribution in [-0.4, -0.2) is 18.2 Å². The van der Waals surface area contributed by atoms with Crippen LogP contribution >= 0.6 is 0 Å². The zero-order valence-corrected chi connectivity index (χ0v) is 12.2. The van der Waals surface area contributed by atoms with Gasteiger partial charge >= 0.3 is 0 Å². The Kier molecular flexibility index (Phi) is 3.25. The first-order valence-corrected chi connectivity index (χ1v) is 8.16. The van der Waals surface area contributed by atoms with E-state index in [-0.39, 0.29) is 0 Å². The van der Waals surface area contributed by atoms with Crippen LogP contribution in [0.2, 0.25) is 0 Å². The Morgan fingerprint density at radius 3 is 2.65 bits per heavy atom. The lowest BCUT2D eigenvalue weighted by atomic mass is 9.92. The third kappa shape index (κ3) is 2.56. The van der Waals surface area contributed by atoms with Crippen molar-refractivity contribution in [1.82, 2.24) is 9.78 Å². The van der Waals surface area contributed by atoms with Crippen LogP contribution in [-0.2, 0) is 29.9 Å². The lowest BCUT2D eigenvalue weighted by Crippen LogP contribution is -2.14. The van der Waals surface area contributed by atoms with E-state index >= 15 is 0 Å². The Bertz CT molecular complexity index is 735. The highest BCUT2D eigenvalue weighted by Crippen LogP contribution is 2.25. The molecule has 1 aromatic heterocycles. The highest BCUT2D eigenvalue weighted by atomic mass is 32.2. The zero-order chi connectivity index (χ0) is 14.2. The van der Waals surface area contributed by atoms with Gasteiger partial charge in [-0.1, -0.05) is 6.07 Å². The van der Waals surface area contributed by atoms with Gasteiger partial charge < -0.3 is 0 Å². The second kappa shape index (κ2) is 4.94. The van der Waals surface area contributed by atoms with Crippen molar-refractivity contribution >= 4 is 15.7 Å². The van der Waals surface area contributed by atoms with Gasteiger partial charge in [-0.25, -0.2) is 8.42 Å². The van der Waals surface area contributed by atoms with E-state index in [9.17, 15) is 8.42 Å². The molecule has 0 radical (unpaired) electrons. The maximum absolute atomic E-state index is 12.3. The molecule has 106 valence electrons. The van der Waals surface area contributed by atoms with Gasteiger partial charge in [0.25, 0.3) is 10.0 Å². The van der Waals surface area contributed by atoms with Crippen molar-refractivity contribution in [1.29, 1.82) is 0 Å². The Morgan fingerprint density at radius 1 is 1.20 bits per heavy atom. The van der Waals surface area contributed by atoms with Gasteiger partial charge in [0, 0.05) is 13.2 Å². The molecule has 1 N–H and O–H groups in total. The van der Waals surface area contributed by atoms with Gasteiger partial charge in [0.1, 0.15) is 0 Å². The van der Waals surface area contributed by atoms with Crippen molar-refractivity contribution in [2.24, 2.45) is 7.05 Å². The summed E-state index contributed by atoms with van der Waals surface area (Å²) in [5, 5.41) is 3.95. The van der Waals surface area contributed by atoms with Crippen molar-refractivity contribution in [3.05, 3.63) is 41.7 Å². The summed E-state index contributed by atoms with van der Waals surface area (Å²) in [5.41, 5.74) is 2.91. The van der Waals surface area contributed by atoms with E-state index < -0.39 is 10.0 Å². The first-order valence-electron chi connectivity index (χ1n) is 6.68. The number of aromatic nitrogens is 2. The van der Waals surface area contributed by atoms with E-state index in [1.807, 2.05) is 6.07 Å². The van der Waals surface area contributed by atoms with Gasteiger partial charge in [-0.15, -0.1) is 0 Å². The summed E-state index contributed by atoms with van der Waals surface area (Å²) in [7, 11) is -1.79. The average Bonchev–Trinajstić information content (AvgIpc) is 2.83. The molecule has 0 bridgehead atoms. The number of hydrogen-bond donors (Lipinski definition) is 1. The van der Waals surface area contributed by atoms with E-state index in [1.165, 1.54) is 18.2 Å². The van der Waals surface area contributed by atoms with E-state index in [0.29, 0.717) is 10.6 Å². The Hall–Kier alpha value is -1.82. The van der Waals surface area contributed by atoms with Gasteiger partial charge in [-0.3, -0.25) is 9.40 Å². The number of sulfonamides is 1. The molecule has 0 fully saturated rings. The summed E-state index contributed by atoms with van der Waals surface area (Å²) in [5.74, 6) is 0. The molecular weight excluding hydrogens is 274 g/mol. The number of nitrogens with zero attached hydrogens (tertiary/aromatic N) is 2. The number of benzene rings is 1. The van der Waals surface area contributed by atoms with Crippen molar-refractivity contribution < 1.29 is 8.42 Å². The predicted molar refractivity (Wildman–Crippen MR) is 77.1 cm³/mol. The summed E-state index contributed by atoms with van der Waals surface area (Å²) in [4.78, 5) is 0.321. The second-order valence-corrected chi connectivity index (χ2v) is 6.83. The Balaban J connectivity index is 1.91. The van der Waals surface area contributed by atoms with Crippen molar-refractivity contribution in [3.8, 4) is 0 Å². The topological polar surface area (TPSA) is 64.0 Å². The molecule has 5 nitrogen and oxygen atoms in total. The SMILES string of the molecule is Cn1cc(NS(=O)(=O)c2ccc3c(c2)CCCC3)cn1. The molecule has 1 aliphatic carbocycles. The fourth-order valence-electron chi connectivity index (χ4n) is 2.56. The van der Waals surface area contributed by atoms with Gasteiger partial charge in [0.05, 0.1) is 16.8 Å². The van der Waals surface area contributed by atoms with Gasteiger partial charge in [0.2, 0.25) is 0 Å². The van der Waals surface area contributed by atoms with Crippen LogP contribution in [0.3, 0.4) is 0 Å². The molecule has 0 spiro atoms. The molecule has 0 saturated carbocycles. The van der Waals surface area contributed by atoms with Gasteiger partial charge in [0.15, 0.2) is 0 Å². The fraction of sp³-hybridized carbons (Fsp3) is 0.357. The van der Waals surface area contributed by atoms with Crippen molar-refractivity contribution in [2.45, 2.75) is 30.6 Å². The molecule has 6 heteroatoms. The van der Waals surface area contributed by atoms with Gasteiger partial charge in [-0.05, 0) is 48.9 Å². The van der Waals surface area contributed by atoms with E-state index in [0.717, 1.165) is 24.8 Å². The maximum atomic E-state index is 12.3. The van der Waals surface area contributed by atoms with Crippen LogP contribution in [0, 0.1) is 0 Å². The quantitative estimate of drug-likeness (QED) is 0.942. The molecule has 20 heavy (non-hydrogen) atoms. The smallest absolute Gasteiger partial charge is 0.262 e. The number of aryl methyl sites for hydroxylation is 3. The molecule has 2 aromatic rings. The van der Waals surface area contributed by atoms with E-state index in [2.05, 4.69) is 9.82 Å². The van der Waals surface area contributed by atoms with Crippen LogP contribution in [0.1, 0.15) is 24.0 Å². The Labute approximate surface area is 118 Å². The molecule has 3 rings (SSSR count). The Morgan fingerprint density at radius 2 is 1.95 bits per heavy atom. The van der Waals surface area contributed by atoms with Gasteiger partial charge in [-0.2, -0.15) is 5.10 Å². The van der Waals surface area contributed by atoms with Crippen LogP contribution in [0.15, 0.2) is 35.5 Å². The lowest BCUT2D eigenvalue weighted by molar-refractivity contribution is 0.600. The van der Waals surface area contributed by atoms with E-state index in [1.54, 1.807) is 30.1 Å². The monoisotopic (exact) mass is 291 g/mol. The van der Waals surface area contributed by atoms with Crippen molar-refractivity contribution in [2.75, 3.05) is 4.72 Å². The largest absolute Gasteiger partial charge is 0.276 e. The van der Waals surface area contributed by atoms with Crippen molar-refractivity contribution in [3.63, 3.8) is 0 Å². The maximum Gasteiger partial charge on any atom is 0.262 e. The first-order chi connectivity index (χ1) is 9.54. The normalized spacial score (nSPS) is 14.8. The zero-order valence-electron chi connectivity index (χ0n) is 11.3. The third-order valence-corrected chi connectivity index (χ3v) is 4.97. The number of anilines is 1. The minimum atomic E-state index is -3.54. The minimum Gasteiger partial charge on any atom is -0.276 e. The molecule has 1 aromatic carbocycles. The minimum absolute atomic E-state index is 0.321. The summed E-state index contributed by atoms with van der Waals surface area (Å²) in [6.45, 7) is 0. The molecule has 1 heterocycles. The summed E-state index contributed by atoms with van der Waals surface area (Å²) in [6, 6.07) is 5.42. The second-order valence-electron chi connectivity index (χ2n) is 5.15. The molecule has 0 saturated heterocycles. The number of fused-ring (bicyclic) bond motifs is 1. The van der Waals surface area contributed by atoms with E-state index in [4.69, 9.17) is 0 Å². The molecule has 0 amide bonds. The van der Waals surface area contributed by atoms with Crippen LogP contribution in [0.5, 0.6) is 0 Å². The van der Waals surface area contributed by atoms with Crippen LogP contribution in [0.25, 0.3) is 0 Å². The standard InChI is InChI=1S/C14H17N3O2S/c1-17-10-13(9-15-17)16-20(18,19)14-7-6-11-4-2-3-5-12(11)8-14/h6-10,16H,2-5H2,1H3. The summed E-state index contributed by atoms with van der Waals surface area (Å²) in [6.07, 6.45) is 7.46. The summed E-state index contributed by atoms with van der Waals surface area (Å²) >= 11 is 0. The highest BCUT2D eigenvalue weighted by molar-refractivity contribution is 7.92. The molecule has 0 unspecified atom stereocenters. The fourth-order valence-corrected chi connectivity index (χ4v) is 3.64. The number of hydrogen-bond acceptors (Lipinski definition) is 3. The molecule has 0 aliphatic heterocycles. The number of rotatable bonds is 3. The molecule has 1 aliphatic rings. The highest BCUT2D eigenvalue weighted by Gasteiger charge is 2.18. The third-order valence-electron chi connectivity index (χ3n) is 3.59. The average molecular weight is 291 g/mol. The number of nitrogens with one attached hydrogen (secondary N) is 1. The first kappa shape index (κ1) is 13.2. The van der Waals surface area contributed by atoms with Crippen LogP contribution < -0.4 is 4.72 Å². The molecular formula is C14H17N3O2S.